The third-order valence-corrected chi connectivity index (χ3v) is 5.32. The minimum absolute atomic E-state index is 0.304. The van der Waals surface area contributed by atoms with Crippen molar-refractivity contribution in [3.63, 3.8) is 0 Å². The maximum atomic E-state index is 12.4. The van der Waals surface area contributed by atoms with Crippen LogP contribution in [-0.4, -0.2) is 31.9 Å². The average Bonchev–Trinajstić information content (AvgIpc) is 2.46. The molecule has 0 saturated heterocycles. The summed E-state index contributed by atoms with van der Waals surface area (Å²) in [6, 6.07) is 3.94. The van der Waals surface area contributed by atoms with Gasteiger partial charge in [-0.15, -0.1) is 13.2 Å². The summed E-state index contributed by atoms with van der Waals surface area (Å²) in [5.41, 5.74) is 0. The molecule has 1 aliphatic carbocycles. The van der Waals surface area contributed by atoms with Crippen LogP contribution in [0.4, 0.5) is 13.2 Å². The summed E-state index contributed by atoms with van der Waals surface area (Å²) in [6.07, 6.45) is -3.78. The zero-order chi connectivity index (χ0) is 18.0. The highest BCUT2D eigenvalue weighted by molar-refractivity contribution is 7.89. The molecule has 10 heteroatoms. The van der Waals surface area contributed by atoms with Gasteiger partial charge in [0.1, 0.15) is 10.6 Å². The fourth-order valence-electron chi connectivity index (χ4n) is 2.62. The molecule has 0 bridgehead atoms. The fraction of sp³-hybridized carbons (Fsp3) is 0.500. The molecule has 0 atom stereocenters. The van der Waals surface area contributed by atoms with Crippen molar-refractivity contribution in [2.75, 3.05) is 0 Å². The molecule has 0 radical (unpaired) electrons. The highest BCUT2D eigenvalue weighted by Gasteiger charge is 2.35. The maximum Gasteiger partial charge on any atom is 0.573 e. The van der Waals surface area contributed by atoms with E-state index in [-0.39, 0.29) is 0 Å². The lowest BCUT2D eigenvalue weighted by molar-refractivity contribution is -0.275. The van der Waals surface area contributed by atoms with Crippen LogP contribution >= 0.6 is 0 Å². The van der Waals surface area contributed by atoms with Crippen molar-refractivity contribution in [3.05, 3.63) is 24.3 Å². The van der Waals surface area contributed by atoms with E-state index in [1.807, 2.05) is 0 Å². The van der Waals surface area contributed by atoms with Crippen LogP contribution in [0.1, 0.15) is 25.7 Å². The lowest BCUT2D eigenvalue weighted by Crippen LogP contribution is -2.39. The zero-order valence-electron chi connectivity index (χ0n) is 12.4. The Morgan fingerprint density at radius 2 is 1.75 bits per heavy atom. The van der Waals surface area contributed by atoms with Crippen LogP contribution in [0.25, 0.3) is 0 Å². The normalized spacial score (nSPS) is 22.1. The van der Waals surface area contributed by atoms with Crippen molar-refractivity contribution in [3.8, 4) is 5.75 Å². The number of alkyl halides is 3. The van der Waals surface area contributed by atoms with Crippen molar-refractivity contribution < 1.29 is 36.2 Å². The minimum atomic E-state index is -5.01. The van der Waals surface area contributed by atoms with Gasteiger partial charge in [0.2, 0.25) is 10.0 Å². The number of ether oxygens (including phenoxy) is 1. The second-order valence-electron chi connectivity index (χ2n) is 5.50. The van der Waals surface area contributed by atoms with E-state index in [1.54, 1.807) is 0 Å². The lowest BCUT2D eigenvalue weighted by atomic mass is 9.87. The summed E-state index contributed by atoms with van der Waals surface area (Å²) in [5, 5.41) is 8.92. The molecule has 24 heavy (non-hydrogen) atoms. The first-order chi connectivity index (χ1) is 11.1. The molecule has 1 fully saturated rings. The Hall–Kier alpha value is -1.81. The smallest absolute Gasteiger partial charge is 0.481 e. The summed E-state index contributed by atoms with van der Waals surface area (Å²) in [6.45, 7) is 0. The van der Waals surface area contributed by atoms with Gasteiger partial charge in [0.25, 0.3) is 0 Å². The Bertz CT molecular complexity index is 697. The molecule has 1 aromatic rings. The number of halogens is 3. The van der Waals surface area contributed by atoms with Crippen molar-refractivity contribution in [2.45, 2.75) is 43.0 Å². The van der Waals surface area contributed by atoms with Gasteiger partial charge in [0, 0.05) is 6.04 Å². The van der Waals surface area contributed by atoms with Gasteiger partial charge in [-0.2, -0.15) is 0 Å². The van der Waals surface area contributed by atoms with E-state index in [9.17, 15) is 26.4 Å². The van der Waals surface area contributed by atoms with E-state index >= 15 is 0 Å². The molecule has 0 aromatic heterocycles. The van der Waals surface area contributed by atoms with Gasteiger partial charge in [-0.25, -0.2) is 13.1 Å². The van der Waals surface area contributed by atoms with E-state index in [4.69, 9.17) is 5.11 Å². The van der Waals surface area contributed by atoms with Crippen molar-refractivity contribution in [1.29, 1.82) is 0 Å². The van der Waals surface area contributed by atoms with Gasteiger partial charge >= 0.3 is 12.3 Å². The van der Waals surface area contributed by atoms with Gasteiger partial charge in [0.15, 0.2) is 0 Å². The second-order valence-corrected chi connectivity index (χ2v) is 7.19. The predicted octanol–water partition coefficient (Wildman–Crippen LogP) is 2.51. The van der Waals surface area contributed by atoms with E-state index in [1.165, 1.54) is 12.1 Å². The molecule has 0 unspecified atom stereocenters. The molecule has 1 aromatic carbocycles. The van der Waals surface area contributed by atoms with Crippen LogP contribution in [0, 0.1) is 5.92 Å². The molecule has 0 amide bonds. The summed E-state index contributed by atoms with van der Waals surface area (Å²) < 4.78 is 68.0. The molecule has 1 saturated carbocycles. The Morgan fingerprint density at radius 1 is 1.17 bits per heavy atom. The Labute approximate surface area is 136 Å². The number of hydrogen-bond acceptors (Lipinski definition) is 4. The zero-order valence-corrected chi connectivity index (χ0v) is 13.2. The van der Waals surface area contributed by atoms with Crippen LogP contribution < -0.4 is 9.46 Å². The Kier molecular flexibility index (Phi) is 5.38. The molecule has 6 nitrogen and oxygen atoms in total. The summed E-state index contributed by atoms with van der Waals surface area (Å²) >= 11 is 0. The van der Waals surface area contributed by atoms with Crippen LogP contribution in [0.5, 0.6) is 5.75 Å². The third kappa shape index (κ3) is 4.84. The van der Waals surface area contributed by atoms with Crippen molar-refractivity contribution in [2.24, 2.45) is 5.92 Å². The van der Waals surface area contributed by atoms with Crippen LogP contribution in [0.15, 0.2) is 29.2 Å². The van der Waals surface area contributed by atoms with E-state index in [0.717, 1.165) is 12.1 Å². The summed E-state index contributed by atoms with van der Waals surface area (Å²) in [5.74, 6) is -2.26. The van der Waals surface area contributed by atoms with Gasteiger partial charge < -0.3 is 9.84 Å². The number of para-hydroxylation sites is 1. The van der Waals surface area contributed by atoms with Crippen molar-refractivity contribution in [1.82, 2.24) is 4.72 Å². The topological polar surface area (TPSA) is 92.7 Å². The first-order valence-corrected chi connectivity index (χ1v) is 8.67. The Balaban J connectivity index is 2.13. The number of carboxylic acids is 1. The quantitative estimate of drug-likeness (QED) is 0.834. The van der Waals surface area contributed by atoms with E-state index < -0.39 is 45.0 Å². The monoisotopic (exact) mass is 367 g/mol. The number of aliphatic carboxylic acids is 1. The summed E-state index contributed by atoms with van der Waals surface area (Å²) in [4.78, 5) is 10.3. The first-order valence-electron chi connectivity index (χ1n) is 7.18. The van der Waals surface area contributed by atoms with Crippen LogP contribution in [0.3, 0.4) is 0 Å². The average molecular weight is 367 g/mol. The molecular formula is C14H16F3NO5S. The highest BCUT2D eigenvalue weighted by atomic mass is 32.2. The van der Waals surface area contributed by atoms with Gasteiger partial charge in [-0.3, -0.25) is 4.79 Å². The minimum Gasteiger partial charge on any atom is -0.481 e. The van der Waals surface area contributed by atoms with Crippen LogP contribution in [0.2, 0.25) is 0 Å². The number of hydrogen-bond donors (Lipinski definition) is 2. The number of nitrogens with one attached hydrogen (secondary N) is 1. The molecule has 0 spiro atoms. The van der Waals surface area contributed by atoms with Gasteiger partial charge in [-0.05, 0) is 37.8 Å². The Morgan fingerprint density at radius 3 is 2.29 bits per heavy atom. The van der Waals surface area contributed by atoms with Crippen molar-refractivity contribution >= 4 is 16.0 Å². The molecule has 2 rings (SSSR count). The predicted molar refractivity (Wildman–Crippen MR) is 76.8 cm³/mol. The standard InChI is InChI=1S/C14H16F3NO5S/c15-14(16,17)23-11-3-1-2-4-12(11)24(21,22)18-10-7-5-9(6-8-10)13(19)20/h1-4,9-10,18H,5-8H2,(H,19,20). The molecular weight excluding hydrogens is 351 g/mol. The lowest BCUT2D eigenvalue weighted by Gasteiger charge is -2.26. The number of rotatable bonds is 5. The largest absolute Gasteiger partial charge is 0.573 e. The van der Waals surface area contributed by atoms with Gasteiger partial charge in [0.05, 0.1) is 5.92 Å². The summed E-state index contributed by atoms with van der Waals surface area (Å²) in [7, 11) is -4.22. The SMILES string of the molecule is O=C(O)C1CCC(NS(=O)(=O)c2ccccc2OC(F)(F)F)CC1. The number of carboxylic acid groups (broad SMARTS) is 1. The second kappa shape index (κ2) is 6.98. The van der Waals surface area contributed by atoms with E-state index in [2.05, 4.69) is 9.46 Å². The van der Waals surface area contributed by atoms with Crippen LogP contribution in [-0.2, 0) is 14.8 Å². The molecule has 2 N–H and O–H groups in total. The fourth-order valence-corrected chi connectivity index (χ4v) is 4.06. The molecule has 1 aliphatic rings. The number of carbonyl (C=O) groups is 1. The molecule has 0 heterocycles. The molecule has 134 valence electrons. The van der Waals surface area contributed by atoms with Gasteiger partial charge in [-0.1, -0.05) is 12.1 Å². The number of sulfonamides is 1. The number of benzene rings is 1. The first kappa shape index (κ1) is 18.5. The molecule has 0 aliphatic heterocycles. The third-order valence-electron chi connectivity index (χ3n) is 3.76. The van der Waals surface area contributed by atoms with E-state index in [0.29, 0.717) is 25.7 Å². The maximum absolute atomic E-state index is 12.4. The highest BCUT2D eigenvalue weighted by Crippen LogP contribution is 2.31.